The standard InChI is InChI=1S/Mo.3O.Zn/q+4;3*-2;+2. The van der Waals surface area contributed by atoms with Crippen LogP contribution in [0.1, 0.15) is 0 Å². The summed E-state index contributed by atoms with van der Waals surface area (Å²) in [6, 6.07) is 0. The Labute approximate surface area is 57.1 Å². The zero-order valence-corrected chi connectivity index (χ0v) is 7.31. The van der Waals surface area contributed by atoms with E-state index in [9.17, 15) is 0 Å². The van der Waals surface area contributed by atoms with Gasteiger partial charge in [0.05, 0.1) is 0 Å². The van der Waals surface area contributed by atoms with Crippen LogP contribution in [0.2, 0.25) is 0 Å². The van der Waals surface area contributed by atoms with Gasteiger partial charge in [0.1, 0.15) is 0 Å². The van der Waals surface area contributed by atoms with Gasteiger partial charge >= 0.3 is 40.5 Å². The zero-order valence-electron chi connectivity index (χ0n) is 2.34. The van der Waals surface area contributed by atoms with E-state index in [0.29, 0.717) is 0 Å². The van der Waals surface area contributed by atoms with Gasteiger partial charge < -0.3 is 16.4 Å². The van der Waals surface area contributed by atoms with Gasteiger partial charge in [-0.1, -0.05) is 0 Å². The molecule has 0 aliphatic rings. The molecule has 0 rings (SSSR count). The van der Waals surface area contributed by atoms with Gasteiger partial charge in [-0.3, -0.25) is 0 Å². The molecule has 0 unspecified atom stereocenters. The second-order valence-corrected chi connectivity index (χ2v) is 0. The summed E-state index contributed by atoms with van der Waals surface area (Å²) in [5.74, 6) is 0. The molecule has 0 amide bonds. The molecular weight excluding hydrogens is 209 g/mol. The number of rotatable bonds is 0. The zero-order chi connectivity index (χ0) is 0. The quantitative estimate of drug-likeness (QED) is 0.488. The fourth-order valence-electron chi connectivity index (χ4n) is 0. The van der Waals surface area contributed by atoms with Crippen LogP contribution in [-0.2, 0) is 57.0 Å². The van der Waals surface area contributed by atoms with E-state index in [0.717, 1.165) is 0 Å². The molecule has 0 radical (unpaired) electrons. The van der Waals surface area contributed by atoms with Crippen LogP contribution in [0, 0.1) is 0 Å². The van der Waals surface area contributed by atoms with Crippen molar-refractivity contribution in [1.29, 1.82) is 0 Å². The van der Waals surface area contributed by atoms with Crippen LogP contribution in [0.4, 0.5) is 0 Å². The van der Waals surface area contributed by atoms with E-state index < -0.39 is 0 Å². The maximum Gasteiger partial charge on any atom is 4.00 e. The van der Waals surface area contributed by atoms with E-state index in [1.54, 1.807) is 0 Å². The van der Waals surface area contributed by atoms with Gasteiger partial charge in [0.25, 0.3) is 0 Å². The first-order chi connectivity index (χ1) is 0. The van der Waals surface area contributed by atoms with Crippen molar-refractivity contribution in [3.63, 3.8) is 0 Å². The molecule has 0 saturated carbocycles. The molecule has 0 fully saturated rings. The predicted octanol–water partition coefficient (Wildman–Crippen LogP) is -0.361. The van der Waals surface area contributed by atoms with Crippen LogP contribution < -0.4 is 0 Å². The minimum absolute atomic E-state index is 0. The molecule has 5 heavy (non-hydrogen) atoms. The van der Waals surface area contributed by atoms with E-state index >= 15 is 0 Å². The van der Waals surface area contributed by atoms with Crippen molar-refractivity contribution < 1.29 is 57.0 Å². The van der Waals surface area contributed by atoms with Crippen molar-refractivity contribution >= 4 is 0 Å². The molecule has 0 aliphatic carbocycles. The third-order valence-corrected chi connectivity index (χ3v) is 0. The Morgan fingerprint density at radius 2 is 0.600 bits per heavy atom. The third-order valence-electron chi connectivity index (χ3n) is 0. The Kier molecular flexibility index (Phi) is 1510. The van der Waals surface area contributed by atoms with Crippen molar-refractivity contribution in [2.45, 2.75) is 0 Å². The van der Waals surface area contributed by atoms with Crippen molar-refractivity contribution in [1.82, 2.24) is 0 Å². The second kappa shape index (κ2) is 64.2. The van der Waals surface area contributed by atoms with Crippen LogP contribution in [-0.4, -0.2) is 0 Å². The summed E-state index contributed by atoms with van der Waals surface area (Å²) in [6.07, 6.45) is 0. The molecule has 0 saturated heterocycles. The summed E-state index contributed by atoms with van der Waals surface area (Å²) in [5, 5.41) is 0. The van der Waals surface area contributed by atoms with Gasteiger partial charge in [-0.2, -0.15) is 0 Å². The van der Waals surface area contributed by atoms with Crippen LogP contribution in [0.25, 0.3) is 0 Å². The van der Waals surface area contributed by atoms with Crippen molar-refractivity contribution in [3.05, 3.63) is 0 Å². The molecule has 0 N–H and O–H groups in total. The largest absolute Gasteiger partial charge is 4.00 e. The molecule has 3 nitrogen and oxygen atoms in total. The molecule has 26 valence electrons. The third kappa shape index (κ3) is 37.2. The minimum Gasteiger partial charge on any atom is -2.00 e. The molecule has 0 bridgehead atoms. The Bertz CT molecular complexity index is 6.85. The molecular formula is MoO3Zn. The first-order valence-corrected chi connectivity index (χ1v) is 0. The average molecular weight is 209 g/mol. The number of hydrogen-bond donors (Lipinski definition) is 0. The second-order valence-electron chi connectivity index (χ2n) is 0. The summed E-state index contributed by atoms with van der Waals surface area (Å²) in [4.78, 5) is 0. The van der Waals surface area contributed by atoms with E-state index in [2.05, 4.69) is 0 Å². The first kappa shape index (κ1) is 118. The van der Waals surface area contributed by atoms with Gasteiger partial charge in [0.15, 0.2) is 0 Å². The Morgan fingerprint density at radius 1 is 0.600 bits per heavy atom. The summed E-state index contributed by atoms with van der Waals surface area (Å²) in [5.41, 5.74) is 0. The average Bonchev–Trinajstić information content (AvgIpc) is 0. The molecule has 0 aromatic heterocycles. The smallest absolute Gasteiger partial charge is 2.00 e. The van der Waals surface area contributed by atoms with Crippen molar-refractivity contribution in [3.8, 4) is 0 Å². The van der Waals surface area contributed by atoms with Gasteiger partial charge in [0, 0.05) is 0 Å². The van der Waals surface area contributed by atoms with Crippen molar-refractivity contribution in [2.75, 3.05) is 0 Å². The fraction of sp³-hybridized carbons (Fsp3) is 0. The summed E-state index contributed by atoms with van der Waals surface area (Å²) < 4.78 is 0. The molecule has 0 aromatic carbocycles. The molecule has 0 heterocycles. The summed E-state index contributed by atoms with van der Waals surface area (Å²) in [7, 11) is 0. The minimum atomic E-state index is 0. The van der Waals surface area contributed by atoms with Gasteiger partial charge in [-0.15, -0.1) is 0 Å². The maximum absolute atomic E-state index is 0. The Balaban J connectivity index is 0. The number of hydrogen-bond acceptors (Lipinski definition) is 0. The van der Waals surface area contributed by atoms with Crippen molar-refractivity contribution in [2.24, 2.45) is 0 Å². The normalized spacial score (nSPS) is 0. The van der Waals surface area contributed by atoms with Crippen LogP contribution in [0.3, 0.4) is 0 Å². The van der Waals surface area contributed by atoms with Crippen LogP contribution in [0.15, 0.2) is 0 Å². The molecule has 0 aliphatic heterocycles. The Hall–Kier alpha value is 1.19. The molecule has 5 heteroatoms. The summed E-state index contributed by atoms with van der Waals surface area (Å²) in [6.45, 7) is 0. The molecule has 0 spiro atoms. The van der Waals surface area contributed by atoms with Gasteiger partial charge in [-0.05, 0) is 0 Å². The van der Waals surface area contributed by atoms with E-state index in [1.807, 2.05) is 0 Å². The van der Waals surface area contributed by atoms with Crippen LogP contribution >= 0.6 is 0 Å². The molecule has 0 atom stereocenters. The predicted molar refractivity (Wildman–Crippen MR) is 2.06 cm³/mol. The first-order valence-electron chi connectivity index (χ1n) is 0. The van der Waals surface area contributed by atoms with Crippen LogP contribution in [0.5, 0.6) is 0 Å². The van der Waals surface area contributed by atoms with E-state index in [4.69, 9.17) is 0 Å². The Morgan fingerprint density at radius 3 is 0.600 bits per heavy atom. The molecule has 0 aromatic rings. The fourth-order valence-corrected chi connectivity index (χ4v) is 0. The maximum atomic E-state index is 0. The van der Waals surface area contributed by atoms with Gasteiger partial charge in [-0.25, -0.2) is 0 Å². The van der Waals surface area contributed by atoms with Gasteiger partial charge in [0.2, 0.25) is 0 Å². The van der Waals surface area contributed by atoms with E-state index in [-0.39, 0.29) is 57.0 Å². The SMILES string of the molecule is [Mo+4].[O-2].[O-2].[O-2].[Zn+2]. The summed E-state index contributed by atoms with van der Waals surface area (Å²) >= 11 is 0. The topological polar surface area (TPSA) is 85.5 Å². The monoisotopic (exact) mass is 210 g/mol. The van der Waals surface area contributed by atoms with E-state index in [1.165, 1.54) is 0 Å².